The fourth-order valence-corrected chi connectivity index (χ4v) is 2.22. The average Bonchev–Trinajstić information content (AvgIpc) is 2.52. The Bertz CT molecular complexity index is 590. The number of thioether (sulfide) groups is 1. The highest BCUT2D eigenvalue weighted by Gasteiger charge is 2.01. The summed E-state index contributed by atoms with van der Waals surface area (Å²) in [5.41, 5.74) is 0.627. The van der Waals surface area contributed by atoms with Gasteiger partial charge >= 0.3 is 0 Å². The van der Waals surface area contributed by atoms with Gasteiger partial charge in [-0.25, -0.2) is 0 Å². The van der Waals surface area contributed by atoms with E-state index in [0.717, 1.165) is 16.4 Å². The fraction of sp³-hybridized carbons (Fsp3) is 0.188. The highest BCUT2D eigenvalue weighted by atomic mass is 32.2. The second-order valence-electron chi connectivity index (χ2n) is 3.98. The third kappa shape index (κ3) is 3.94. The van der Waals surface area contributed by atoms with Crippen LogP contribution in [0.25, 0.3) is 0 Å². The number of para-hydroxylation sites is 1. The molecule has 0 fully saturated rings. The summed E-state index contributed by atoms with van der Waals surface area (Å²) in [6.45, 7) is 0.951. The maximum Gasteiger partial charge on any atom is 0.133 e. The lowest BCUT2D eigenvalue weighted by Gasteiger charge is -2.10. The van der Waals surface area contributed by atoms with E-state index in [2.05, 4.69) is 6.07 Å². The van der Waals surface area contributed by atoms with Gasteiger partial charge < -0.3 is 9.47 Å². The zero-order chi connectivity index (χ0) is 14.2. The van der Waals surface area contributed by atoms with Gasteiger partial charge in [-0.1, -0.05) is 12.1 Å². The molecule has 2 rings (SSSR count). The number of ether oxygens (including phenoxy) is 2. The quantitative estimate of drug-likeness (QED) is 0.599. The summed E-state index contributed by atoms with van der Waals surface area (Å²) in [6.07, 6.45) is 2.02. The Kier molecular flexibility index (Phi) is 5.33. The number of nitriles is 1. The normalized spacial score (nSPS) is 9.80. The molecule has 0 saturated carbocycles. The van der Waals surface area contributed by atoms with Crippen LogP contribution in [0.2, 0.25) is 0 Å². The monoisotopic (exact) mass is 285 g/mol. The van der Waals surface area contributed by atoms with Crippen molar-refractivity contribution in [2.75, 3.05) is 19.5 Å². The molecule has 0 spiro atoms. The molecule has 0 bridgehead atoms. The minimum Gasteiger partial charge on any atom is -0.490 e. The minimum atomic E-state index is 0.467. The van der Waals surface area contributed by atoms with Crippen molar-refractivity contribution in [3.8, 4) is 17.6 Å². The molecule has 0 heterocycles. The third-order valence-electron chi connectivity index (χ3n) is 2.66. The van der Waals surface area contributed by atoms with Gasteiger partial charge in [0.25, 0.3) is 0 Å². The molecule has 0 aromatic heterocycles. The van der Waals surface area contributed by atoms with E-state index in [1.807, 2.05) is 30.5 Å². The van der Waals surface area contributed by atoms with Gasteiger partial charge in [-0.15, -0.1) is 11.8 Å². The lowest BCUT2D eigenvalue weighted by molar-refractivity contribution is 0.214. The largest absolute Gasteiger partial charge is 0.490 e. The van der Waals surface area contributed by atoms with Crippen LogP contribution < -0.4 is 9.47 Å². The van der Waals surface area contributed by atoms with Gasteiger partial charge in [0.1, 0.15) is 24.7 Å². The second-order valence-corrected chi connectivity index (χ2v) is 4.83. The van der Waals surface area contributed by atoms with Crippen LogP contribution >= 0.6 is 11.8 Å². The molecule has 0 aliphatic rings. The van der Waals surface area contributed by atoms with E-state index in [0.29, 0.717) is 18.8 Å². The summed E-state index contributed by atoms with van der Waals surface area (Å²) in [5.74, 6) is 1.62. The van der Waals surface area contributed by atoms with Crippen molar-refractivity contribution in [3.63, 3.8) is 0 Å². The summed E-state index contributed by atoms with van der Waals surface area (Å²) in [4.78, 5) is 1.12. The van der Waals surface area contributed by atoms with Gasteiger partial charge in [-0.3, -0.25) is 0 Å². The van der Waals surface area contributed by atoms with Crippen molar-refractivity contribution < 1.29 is 9.47 Å². The van der Waals surface area contributed by atoms with Crippen LogP contribution in [0.1, 0.15) is 5.56 Å². The Hall–Kier alpha value is -2.12. The smallest absolute Gasteiger partial charge is 0.133 e. The van der Waals surface area contributed by atoms with Gasteiger partial charge in [-0.05, 0) is 42.7 Å². The van der Waals surface area contributed by atoms with Crippen LogP contribution in [0.3, 0.4) is 0 Å². The zero-order valence-corrected chi connectivity index (χ0v) is 12.0. The van der Waals surface area contributed by atoms with Gasteiger partial charge in [0.2, 0.25) is 0 Å². The molecule has 2 aromatic rings. The Morgan fingerprint density at radius 3 is 2.40 bits per heavy atom. The molecule has 0 N–H and O–H groups in total. The Balaban J connectivity index is 1.80. The van der Waals surface area contributed by atoms with E-state index in [-0.39, 0.29) is 0 Å². The standard InChI is InChI=1S/C16H15NO2S/c1-20-16-5-3-2-4-15(16)19-11-10-18-14-8-6-13(12-17)7-9-14/h2-9H,10-11H2,1H3. The van der Waals surface area contributed by atoms with E-state index < -0.39 is 0 Å². The number of rotatable bonds is 6. The molecule has 0 atom stereocenters. The maximum atomic E-state index is 8.71. The molecule has 0 saturated heterocycles. The number of nitrogens with zero attached hydrogens (tertiary/aromatic N) is 1. The summed E-state index contributed by atoms with van der Waals surface area (Å²) in [7, 11) is 0. The predicted molar refractivity (Wildman–Crippen MR) is 80.4 cm³/mol. The first-order chi connectivity index (χ1) is 9.83. The van der Waals surface area contributed by atoms with E-state index >= 15 is 0 Å². The van der Waals surface area contributed by atoms with E-state index in [4.69, 9.17) is 14.7 Å². The minimum absolute atomic E-state index is 0.467. The molecule has 102 valence electrons. The summed E-state index contributed by atoms with van der Waals surface area (Å²) < 4.78 is 11.3. The van der Waals surface area contributed by atoms with Gasteiger partial charge in [0.15, 0.2) is 0 Å². The Labute approximate surface area is 123 Å². The topological polar surface area (TPSA) is 42.2 Å². The SMILES string of the molecule is CSc1ccccc1OCCOc1ccc(C#N)cc1. The predicted octanol–water partition coefficient (Wildman–Crippen LogP) is 3.74. The van der Waals surface area contributed by atoms with Crippen molar-refractivity contribution in [3.05, 3.63) is 54.1 Å². The van der Waals surface area contributed by atoms with Crippen molar-refractivity contribution in [2.45, 2.75) is 4.90 Å². The molecule has 4 heteroatoms. The fourth-order valence-electron chi connectivity index (χ4n) is 1.67. The highest BCUT2D eigenvalue weighted by Crippen LogP contribution is 2.26. The lowest BCUT2D eigenvalue weighted by atomic mass is 10.2. The van der Waals surface area contributed by atoms with Crippen molar-refractivity contribution in [2.24, 2.45) is 0 Å². The molecular weight excluding hydrogens is 270 g/mol. The highest BCUT2D eigenvalue weighted by molar-refractivity contribution is 7.98. The third-order valence-corrected chi connectivity index (χ3v) is 3.44. The molecule has 2 aromatic carbocycles. The van der Waals surface area contributed by atoms with Crippen LogP contribution in [0.5, 0.6) is 11.5 Å². The molecule has 20 heavy (non-hydrogen) atoms. The number of benzene rings is 2. The summed E-state index contributed by atoms with van der Waals surface area (Å²) in [5, 5.41) is 8.71. The van der Waals surface area contributed by atoms with Gasteiger partial charge in [-0.2, -0.15) is 5.26 Å². The summed E-state index contributed by atoms with van der Waals surface area (Å²) in [6, 6.07) is 17.0. The van der Waals surface area contributed by atoms with Crippen LogP contribution in [-0.4, -0.2) is 19.5 Å². The first kappa shape index (κ1) is 14.3. The first-order valence-corrected chi connectivity index (χ1v) is 7.45. The van der Waals surface area contributed by atoms with Crippen LogP contribution in [0, 0.1) is 11.3 Å². The van der Waals surface area contributed by atoms with Crippen LogP contribution in [0.15, 0.2) is 53.4 Å². The molecular formula is C16H15NO2S. The molecule has 3 nitrogen and oxygen atoms in total. The Morgan fingerprint density at radius 2 is 1.70 bits per heavy atom. The average molecular weight is 285 g/mol. The van der Waals surface area contributed by atoms with Crippen LogP contribution in [0.4, 0.5) is 0 Å². The van der Waals surface area contributed by atoms with Gasteiger partial charge in [0.05, 0.1) is 11.6 Å². The zero-order valence-electron chi connectivity index (χ0n) is 11.2. The lowest BCUT2D eigenvalue weighted by Crippen LogP contribution is -2.09. The second kappa shape index (κ2) is 7.46. The number of hydrogen-bond donors (Lipinski definition) is 0. The maximum absolute atomic E-state index is 8.71. The van der Waals surface area contributed by atoms with Crippen molar-refractivity contribution in [1.82, 2.24) is 0 Å². The molecule has 0 aliphatic carbocycles. The van der Waals surface area contributed by atoms with E-state index in [1.54, 1.807) is 36.0 Å². The molecule has 0 aliphatic heterocycles. The number of hydrogen-bond acceptors (Lipinski definition) is 4. The molecule has 0 unspecified atom stereocenters. The van der Waals surface area contributed by atoms with Crippen molar-refractivity contribution in [1.29, 1.82) is 5.26 Å². The Morgan fingerprint density at radius 1 is 1.00 bits per heavy atom. The summed E-state index contributed by atoms with van der Waals surface area (Å²) >= 11 is 1.66. The van der Waals surface area contributed by atoms with Crippen LogP contribution in [-0.2, 0) is 0 Å². The molecule has 0 radical (unpaired) electrons. The van der Waals surface area contributed by atoms with E-state index in [1.165, 1.54) is 0 Å². The van der Waals surface area contributed by atoms with Crippen molar-refractivity contribution >= 4 is 11.8 Å². The first-order valence-electron chi connectivity index (χ1n) is 6.22. The molecule has 0 amide bonds. The van der Waals surface area contributed by atoms with Gasteiger partial charge in [0, 0.05) is 4.90 Å². The van der Waals surface area contributed by atoms with E-state index in [9.17, 15) is 0 Å².